The van der Waals surface area contributed by atoms with Crippen LogP contribution in [0.1, 0.15) is 17.5 Å². The first-order valence-corrected chi connectivity index (χ1v) is 10.6. The Hall–Kier alpha value is -2.62. The summed E-state index contributed by atoms with van der Waals surface area (Å²) in [6.07, 6.45) is -2.30. The van der Waals surface area contributed by atoms with Gasteiger partial charge in [-0.25, -0.2) is 13.4 Å². The van der Waals surface area contributed by atoms with Crippen molar-refractivity contribution in [3.63, 3.8) is 0 Å². The molecule has 1 heterocycles. The van der Waals surface area contributed by atoms with Gasteiger partial charge in [0.2, 0.25) is 11.8 Å². The number of rotatable bonds is 10. The number of carbonyl (C=O) groups excluding carboxylic acids is 1. The lowest BCUT2D eigenvalue weighted by Gasteiger charge is -2.12. The minimum absolute atomic E-state index is 0.137. The first-order chi connectivity index (χ1) is 13.6. The highest BCUT2D eigenvalue weighted by Gasteiger charge is 2.29. The molecule has 6 nitrogen and oxygen atoms in total. The van der Waals surface area contributed by atoms with E-state index in [2.05, 4.69) is 15.0 Å². The number of halogens is 3. The largest absolute Gasteiger partial charge is 0.468 e. The third kappa shape index (κ3) is 8.95. The average Bonchev–Trinajstić information content (AvgIpc) is 2.65. The highest BCUT2D eigenvalue weighted by Crippen LogP contribution is 2.19. The number of nitrogens with zero attached hydrogens (tertiary/aromatic N) is 1. The van der Waals surface area contributed by atoms with E-state index in [1.165, 1.54) is 18.3 Å². The van der Waals surface area contributed by atoms with Gasteiger partial charge in [-0.05, 0) is 24.5 Å². The van der Waals surface area contributed by atoms with Crippen LogP contribution in [0.3, 0.4) is 0 Å². The van der Waals surface area contributed by atoms with Crippen molar-refractivity contribution >= 4 is 15.7 Å². The molecule has 2 rings (SSSR count). The summed E-state index contributed by atoms with van der Waals surface area (Å²) < 4.78 is 65.7. The number of pyridine rings is 1. The van der Waals surface area contributed by atoms with Crippen LogP contribution in [0.5, 0.6) is 5.88 Å². The highest BCUT2D eigenvalue weighted by molar-refractivity contribution is 7.92. The number of aryl methyl sites for hydroxylation is 1. The van der Waals surface area contributed by atoms with E-state index in [0.717, 1.165) is 5.56 Å². The molecule has 10 heteroatoms. The molecule has 0 atom stereocenters. The summed E-state index contributed by atoms with van der Waals surface area (Å²) in [6.45, 7) is -1.71. The summed E-state index contributed by atoms with van der Waals surface area (Å²) in [5.41, 5.74) is 1.22. The summed E-state index contributed by atoms with van der Waals surface area (Å²) in [5, 5.41) is 2.38. The fraction of sp³-hybridized carbons (Fsp3) is 0.368. The number of amides is 1. The van der Waals surface area contributed by atoms with Crippen molar-refractivity contribution in [3.8, 4) is 5.88 Å². The zero-order valence-electron chi connectivity index (χ0n) is 15.5. The Morgan fingerprint density at radius 1 is 1.10 bits per heavy atom. The second kappa shape index (κ2) is 10.2. The summed E-state index contributed by atoms with van der Waals surface area (Å²) in [5.74, 6) is -1.84. The number of sulfone groups is 1. The molecule has 0 fully saturated rings. The predicted octanol–water partition coefficient (Wildman–Crippen LogP) is 2.69. The van der Waals surface area contributed by atoms with E-state index in [9.17, 15) is 26.4 Å². The second-order valence-electron chi connectivity index (χ2n) is 6.33. The Morgan fingerprint density at radius 2 is 1.83 bits per heavy atom. The number of alkyl halides is 3. The summed E-state index contributed by atoms with van der Waals surface area (Å²) in [4.78, 5) is 15.7. The molecule has 0 unspecified atom stereocenters. The maximum atomic E-state index is 12.3. The van der Waals surface area contributed by atoms with Crippen LogP contribution >= 0.6 is 0 Å². The van der Waals surface area contributed by atoms with E-state index >= 15 is 0 Å². The van der Waals surface area contributed by atoms with Crippen LogP contribution in [-0.4, -0.2) is 43.6 Å². The smallest absolute Gasteiger partial charge is 0.422 e. The van der Waals surface area contributed by atoms with Crippen LogP contribution in [0.25, 0.3) is 0 Å². The van der Waals surface area contributed by atoms with Crippen molar-refractivity contribution in [2.75, 3.05) is 18.1 Å². The lowest BCUT2D eigenvalue weighted by molar-refractivity contribution is -0.154. The van der Waals surface area contributed by atoms with Crippen LogP contribution in [0.15, 0.2) is 48.7 Å². The number of aromatic nitrogens is 1. The Kier molecular flexibility index (Phi) is 8.00. The minimum atomic E-state index is -4.52. The Balaban J connectivity index is 1.81. The van der Waals surface area contributed by atoms with Crippen LogP contribution in [0.2, 0.25) is 0 Å². The third-order valence-electron chi connectivity index (χ3n) is 3.81. The number of benzene rings is 1. The number of hydrogen-bond donors (Lipinski definition) is 1. The van der Waals surface area contributed by atoms with Crippen LogP contribution < -0.4 is 10.1 Å². The van der Waals surface area contributed by atoms with Crippen LogP contribution in [0.4, 0.5) is 13.2 Å². The Bertz CT molecular complexity index is 903. The summed E-state index contributed by atoms with van der Waals surface area (Å²) in [6, 6.07) is 12.3. The molecule has 0 aliphatic heterocycles. The SMILES string of the molecule is O=C(CS(=O)(=O)CCCc1ccccc1)NCc1cccnc1OCC(F)(F)F. The van der Waals surface area contributed by atoms with Gasteiger partial charge in [0.25, 0.3) is 0 Å². The maximum Gasteiger partial charge on any atom is 0.422 e. The van der Waals surface area contributed by atoms with E-state index in [1.54, 1.807) is 0 Å². The topological polar surface area (TPSA) is 85.4 Å². The molecule has 1 aromatic carbocycles. The van der Waals surface area contributed by atoms with Crippen molar-refractivity contribution in [1.29, 1.82) is 0 Å². The highest BCUT2D eigenvalue weighted by atomic mass is 32.2. The van der Waals surface area contributed by atoms with Crippen LogP contribution in [-0.2, 0) is 27.6 Å². The lowest BCUT2D eigenvalue weighted by Crippen LogP contribution is -2.31. The Labute approximate surface area is 167 Å². The number of hydrogen-bond acceptors (Lipinski definition) is 5. The maximum absolute atomic E-state index is 12.3. The molecule has 1 N–H and O–H groups in total. The third-order valence-corrected chi connectivity index (χ3v) is 5.43. The number of ether oxygens (including phenoxy) is 1. The molecule has 0 saturated carbocycles. The van der Waals surface area contributed by atoms with Gasteiger partial charge < -0.3 is 10.1 Å². The molecule has 2 aromatic rings. The van der Waals surface area contributed by atoms with Crippen molar-refractivity contribution in [1.82, 2.24) is 10.3 Å². The fourth-order valence-electron chi connectivity index (χ4n) is 2.50. The van der Waals surface area contributed by atoms with E-state index in [-0.39, 0.29) is 23.7 Å². The van der Waals surface area contributed by atoms with Crippen molar-refractivity contribution < 1.29 is 31.1 Å². The van der Waals surface area contributed by atoms with Gasteiger partial charge in [0, 0.05) is 18.3 Å². The van der Waals surface area contributed by atoms with Gasteiger partial charge in [-0.3, -0.25) is 4.79 Å². The zero-order valence-corrected chi connectivity index (χ0v) is 16.3. The van der Waals surface area contributed by atoms with Gasteiger partial charge in [0.1, 0.15) is 5.75 Å². The fourth-order valence-corrected chi connectivity index (χ4v) is 3.73. The van der Waals surface area contributed by atoms with Crippen LogP contribution in [0, 0.1) is 0 Å². The quantitative estimate of drug-likeness (QED) is 0.627. The zero-order chi connectivity index (χ0) is 21.3. The summed E-state index contributed by atoms with van der Waals surface area (Å²) >= 11 is 0. The van der Waals surface area contributed by atoms with Crippen molar-refractivity contribution in [3.05, 3.63) is 59.8 Å². The van der Waals surface area contributed by atoms with E-state index in [0.29, 0.717) is 12.8 Å². The molecular weight excluding hydrogens is 409 g/mol. The van der Waals surface area contributed by atoms with Gasteiger partial charge in [0.15, 0.2) is 16.4 Å². The normalized spacial score (nSPS) is 11.8. The molecular formula is C19H21F3N2O4S. The molecule has 0 aliphatic carbocycles. The second-order valence-corrected chi connectivity index (χ2v) is 8.51. The lowest BCUT2D eigenvalue weighted by atomic mass is 10.1. The monoisotopic (exact) mass is 430 g/mol. The number of nitrogens with one attached hydrogen (secondary N) is 1. The van der Waals surface area contributed by atoms with Gasteiger partial charge in [-0.15, -0.1) is 0 Å². The van der Waals surface area contributed by atoms with Gasteiger partial charge >= 0.3 is 6.18 Å². The summed E-state index contributed by atoms with van der Waals surface area (Å²) in [7, 11) is -3.60. The molecule has 0 bridgehead atoms. The molecule has 158 valence electrons. The van der Waals surface area contributed by atoms with Gasteiger partial charge in [0.05, 0.1) is 5.75 Å². The standard InChI is InChI=1S/C19H21F3N2O4S/c20-19(21,22)14-28-18-16(9-4-10-23-18)12-24-17(25)13-29(26,27)11-5-8-15-6-2-1-3-7-15/h1-4,6-7,9-10H,5,8,11-14H2,(H,24,25). The molecule has 1 amide bonds. The Morgan fingerprint density at radius 3 is 2.52 bits per heavy atom. The van der Waals surface area contributed by atoms with E-state index in [1.807, 2.05) is 30.3 Å². The van der Waals surface area contributed by atoms with Gasteiger partial charge in [-0.1, -0.05) is 36.4 Å². The van der Waals surface area contributed by atoms with Crippen molar-refractivity contribution in [2.24, 2.45) is 0 Å². The predicted molar refractivity (Wildman–Crippen MR) is 101 cm³/mol. The molecule has 1 aromatic heterocycles. The molecule has 29 heavy (non-hydrogen) atoms. The first kappa shape index (κ1) is 22.7. The molecule has 0 radical (unpaired) electrons. The van der Waals surface area contributed by atoms with E-state index < -0.39 is 34.3 Å². The minimum Gasteiger partial charge on any atom is -0.468 e. The average molecular weight is 430 g/mol. The molecule has 0 spiro atoms. The van der Waals surface area contributed by atoms with Gasteiger partial charge in [-0.2, -0.15) is 13.2 Å². The van der Waals surface area contributed by atoms with E-state index in [4.69, 9.17) is 0 Å². The van der Waals surface area contributed by atoms with Crippen molar-refractivity contribution in [2.45, 2.75) is 25.6 Å². The first-order valence-electron chi connectivity index (χ1n) is 8.79. The molecule has 0 saturated heterocycles. The number of carbonyl (C=O) groups is 1. The molecule has 0 aliphatic rings.